The molecule has 1 N–H and O–H groups in total. The zero-order valence-electron chi connectivity index (χ0n) is 13.6. The number of rotatable bonds is 3. The minimum atomic E-state index is 0.433. The van der Waals surface area contributed by atoms with Gasteiger partial charge < -0.3 is 5.32 Å². The van der Waals surface area contributed by atoms with Crippen molar-refractivity contribution in [2.24, 2.45) is 11.3 Å². The molecular formula is C18H32N2. The van der Waals surface area contributed by atoms with Crippen molar-refractivity contribution in [2.45, 2.75) is 71.4 Å². The molecule has 1 saturated heterocycles. The number of hydrogen-bond donors (Lipinski definition) is 1. The monoisotopic (exact) mass is 276 g/mol. The molecule has 2 heteroatoms. The van der Waals surface area contributed by atoms with Crippen molar-refractivity contribution in [2.75, 3.05) is 19.6 Å². The van der Waals surface area contributed by atoms with Crippen molar-refractivity contribution >= 4 is 0 Å². The highest BCUT2D eigenvalue weighted by Gasteiger charge is 2.35. The topological polar surface area (TPSA) is 15.3 Å². The van der Waals surface area contributed by atoms with Crippen LogP contribution in [0, 0.1) is 23.7 Å². The van der Waals surface area contributed by atoms with Gasteiger partial charge in [0.15, 0.2) is 0 Å². The average molecular weight is 276 g/mol. The summed E-state index contributed by atoms with van der Waals surface area (Å²) in [6, 6.07) is 1.44. The zero-order valence-corrected chi connectivity index (χ0v) is 13.6. The van der Waals surface area contributed by atoms with Gasteiger partial charge in [-0.25, -0.2) is 0 Å². The van der Waals surface area contributed by atoms with E-state index in [9.17, 15) is 0 Å². The summed E-state index contributed by atoms with van der Waals surface area (Å²) in [6.07, 6.45) is 13.5. The van der Waals surface area contributed by atoms with Gasteiger partial charge in [0.2, 0.25) is 0 Å². The summed E-state index contributed by atoms with van der Waals surface area (Å²) in [5.41, 5.74) is 0.433. The van der Waals surface area contributed by atoms with E-state index in [0.717, 1.165) is 31.6 Å². The van der Waals surface area contributed by atoms with E-state index < -0.39 is 0 Å². The fourth-order valence-corrected chi connectivity index (χ4v) is 4.06. The second kappa shape index (κ2) is 6.96. The van der Waals surface area contributed by atoms with Gasteiger partial charge in [0, 0.05) is 25.2 Å². The summed E-state index contributed by atoms with van der Waals surface area (Å²) in [6.45, 7) is 10.4. The van der Waals surface area contributed by atoms with E-state index in [0.29, 0.717) is 11.5 Å². The van der Waals surface area contributed by atoms with Crippen molar-refractivity contribution in [3.05, 3.63) is 0 Å². The number of nitrogens with one attached hydrogen (secondary N) is 1. The number of hydrogen-bond acceptors (Lipinski definition) is 2. The van der Waals surface area contributed by atoms with Gasteiger partial charge in [0.1, 0.15) is 0 Å². The lowest BCUT2D eigenvalue weighted by molar-refractivity contribution is 0.110. The van der Waals surface area contributed by atoms with Gasteiger partial charge in [-0.05, 0) is 37.0 Å². The van der Waals surface area contributed by atoms with Gasteiger partial charge in [0.25, 0.3) is 0 Å². The average Bonchev–Trinajstić information content (AvgIpc) is 2.41. The van der Waals surface area contributed by atoms with E-state index in [1.165, 1.54) is 38.5 Å². The molecule has 1 heterocycles. The van der Waals surface area contributed by atoms with Gasteiger partial charge in [-0.15, -0.1) is 6.42 Å². The second-order valence-corrected chi connectivity index (χ2v) is 7.78. The zero-order chi connectivity index (χ0) is 14.6. The van der Waals surface area contributed by atoms with E-state index in [1.807, 2.05) is 0 Å². The molecule has 2 unspecified atom stereocenters. The van der Waals surface area contributed by atoms with Crippen LogP contribution in [0.15, 0.2) is 0 Å². The van der Waals surface area contributed by atoms with E-state index >= 15 is 0 Å². The molecular weight excluding hydrogens is 244 g/mol. The lowest BCUT2D eigenvalue weighted by atomic mass is 9.69. The highest BCUT2D eigenvalue weighted by molar-refractivity contribution is 4.93. The third kappa shape index (κ3) is 4.24. The molecule has 0 spiro atoms. The Hall–Kier alpha value is -0.520. The first-order valence-corrected chi connectivity index (χ1v) is 8.42. The van der Waals surface area contributed by atoms with Crippen LogP contribution in [0.2, 0.25) is 0 Å². The molecule has 114 valence electrons. The number of likely N-dealkylation sites (tertiary alicyclic amines) is 1. The van der Waals surface area contributed by atoms with E-state index in [4.69, 9.17) is 6.42 Å². The third-order valence-corrected chi connectivity index (χ3v) is 5.23. The van der Waals surface area contributed by atoms with E-state index in [2.05, 4.69) is 36.9 Å². The first-order chi connectivity index (χ1) is 9.50. The van der Waals surface area contributed by atoms with Crippen LogP contribution in [0.1, 0.15) is 59.3 Å². The summed E-state index contributed by atoms with van der Waals surface area (Å²) < 4.78 is 0. The van der Waals surface area contributed by atoms with Gasteiger partial charge in [-0.2, -0.15) is 0 Å². The Balaban J connectivity index is 1.84. The van der Waals surface area contributed by atoms with Crippen LogP contribution in [-0.2, 0) is 0 Å². The molecule has 1 aliphatic carbocycles. The number of piperidine rings is 1. The van der Waals surface area contributed by atoms with Crippen LogP contribution >= 0.6 is 0 Å². The Bertz CT molecular complexity index is 328. The van der Waals surface area contributed by atoms with Crippen LogP contribution in [-0.4, -0.2) is 36.6 Å². The van der Waals surface area contributed by atoms with Crippen molar-refractivity contribution in [3.8, 4) is 12.3 Å². The predicted octanol–water partition coefficient (Wildman–Crippen LogP) is 3.28. The first kappa shape index (κ1) is 15.9. The van der Waals surface area contributed by atoms with Crippen molar-refractivity contribution in [1.29, 1.82) is 0 Å². The van der Waals surface area contributed by atoms with Crippen LogP contribution < -0.4 is 5.32 Å². The molecule has 0 bridgehead atoms. The molecule has 2 fully saturated rings. The van der Waals surface area contributed by atoms with Gasteiger partial charge >= 0.3 is 0 Å². The van der Waals surface area contributed by atoms with Crippen molar-refractivity contribution in [1.82, 2.24) is 10.2 Å². The molecule has 0 aromatic rings. The summed E-state index contributed by atoms with van der Waals surface area (Å²) in [5, 5.41) is 4.00. The highest BCUT2D eigenvalue weighted by atomic mass is 15.1. The lowest BCUT2D eigenvalue weighted by Crippen LogP contribution is -2.51. The van der Waals surface area contributed by atoms with Gasteiger partial charge in [0.05, 0.1) is 6.54 Å². The Morgan fingerprint density at radius 3 is 2.35 bits per heavy atom. The molecule has 20 heavy (non-hydrogen) atoms. The summed E-state index contributed by atoms with van der Waals surface area (Å²) in [4.78, 5) is 2.40. The summed E-state index contributed by atoms with van der Waals surface area (Å²) in [7, 11) is 0. The molecule has 0 aromatic carbocycles. The Kier molecular flexibility index (Phi) is 5.52. The fraction of sp³-hybridized carbons (Fsp3) is 0.889. The summed E-state index contributed by atoms with van der Waals surface area (Å²) in [5.74, 6) is 3.60. The Morgan fingerprint density at radius 2 is 1.75 bits per heavy atom. The van der Waals surface area contributed by atoms with Crippen LogP contribution in [0.25, 0.3) is 0 Å². The van der Waals surface area contributed by atoms with Crippen LogP contribution in [0.5, 0.6) is 0 Å². The lowest BCUT2D eigenvalue weighted by Gasteiger charge is -2.43. The van der Waals surface area contributed by atoms with Crippen LogP contribution in [0.4, 0.5) is 0 Å². The summed E-state index contributed by atoms with van der Waals surface area (Å²) >= 11 is 0. The second-order valence-electron chi connectivity index (χ2n) is 7.78. The number of terminal acetylenes is 1. The minimum absolute atomic E-state index is 0.433. The van der Waals surface area contributed by atoms with E-state index in [1.54, 1.807) is 0 Å². The Morgan fingerprint density at radius 1 is 1.10 bits per heavy atom. The van der Waals surface area contributed by atoms with Gasteiger partial charge in [-0.3, -0.25) is 4.90 Å². The molecule has 2 rings (SSSR count). The van der Waals surface area contributed by atoms with Crippen LogP contribution in [0.3, 0.4) is 0 Å². The standard InChI is InChI=1S/C18H32N2/c1-5-12-20-13-10-15(11-14-20)19-17-9-7-6-8-16(17)18(2,3)4/h1,15-17,19H,6-14H2,2-4H3. The quantitative estimate of drug-likeness (QED) is 0.796. The molecule has 0 amide bonds. The minimum Gasteiger partial charge on any atom is -0.311 e. The predicted molar refractivity (Wildman–Crippen MR) is 86.6 cm³/mol. The molecule has 2 aliphatic rings. The largest absolute Gasteiger partial charge is 0.311 e. The van der Waals surface area contributed by atoms with Crippen molar-refractivity contribution < 1.29 is 0 Å². The molecule has 0 radical (unpaired) electrons. The molecule has 2 atom stereocenters. The Labute approximate surface area is 125 Å². The first-order valence-electron chi connectivity index (χ1n) is 8.42. The SMILES string of the molecule is C#CCN1CCC(NC2CCCCC2C(C)(C)C)CC1. The fourth-order valence-electron chi connectivity index (χ4n) is 4.06. The smallest absolute Gasteiger partial charge is 0.0598 e. The molecule has 1 aliphatic heterocycles. The highest BCUT2D eigenvalue weighted by Crippen LogP contribution is 2.38. The molecule has 0 aromatic heterocycles. The maximum atomic E-state index is 5.40. The van der Waals surface area contributed by atoms with E-state index in [-0.39, 0.29) is 0 Å². The normalized spacial score (nSPS) is 30.1. The maximum Gasteiger partial charge on any atom is 0.0598 e. The maximum absolute atomic E-state index is 5.40. The molecule has 1 saturated carbocycles. The van der Waals surface area contributed by atoms with Gasteiger partial charge in [-0.1, -0.05) is 39.5 Å². The molecule has 2 nitrogen and oxygen atoms in total. The van der Waals surface area contributed by atoms with Crippen molar-refractivity contribution in [3.63, 3.8) is 0 Å². The third-order valence-electron chi connectivity index (χ3n) is 5.23. The number of nitrogens with zero attached hydrogens (tertiary/aromatic N) is 1.